The summed E-state index contributed by atoms with van der Waals surface area (Å²) in [6, 6.07) is 8.22. The van der Waals surface area contributed by atoms with E-state index in [0.29, 0.717) is 6.54 Å². The van der Waals surface area contributed by atoms with Crippen LogP contribution >= 0.6 is 0 Å². The summed E-state index contributed by atoms with van der Waals surface area (Å²) in [4.78, 5) is 2.03. The third kappa shape index (κ3) is 4.01. The molecule has 1 heterocycles. The number of hydrogen-bond donors (Lipinski definition) is 3. The first kappa shape index (κ1) is 16.4. The lowest BCUT2D eigenvalue weighted by atomic mass is 9.89. The molecule has 22 heavy (non-hydrogen) atoms. The minimum Gasteiger partial charge on any atom is -0.395 e. The molecule has 2 rings (SSSR count). The standard InChI is InChI=1S/C17H26N4O/c1-17(2,3)16-13(12-19-20-16)11-18-14-5-7-15(8-6-14)21(4)9-10-22/h5-8,12,18,22H,9-11H2,1-4H3,(H,19,20). The van der Waals surface area contributed by atoms with Gasteiger partial charge in [-0.1, -0.05) is 20.8 Å². The van der Waals surface area contributed by atoms with Gasteiger partial charge in [0, 0.05) is 48.2 Å². The van der Waals surface area contributed by atoms with E-state index in [1.54, 1.807) is 0 Å². The van der Waals surface area contributed by atoms with E-state index in [4.69, 9.17) is 5.11 Å². The highest BCUT2D eigenvalue weighted by Gasteiger charge is 2.19. The molecule has 5 heteroatoms. The van der Waals surface area contributed by atoms with Crippen LogP contribution in [0.1, 0.15) is 32.0 Å². The van der Waals surface area contributed by atoms with Crippen LogP contribution in [0.15, 0.2) is 30.5 Å². The second kappa shape index (κ2) is 6.83. The first-order valence-corrected chi connectivity index (χ1v) is 7.60. The lowest BCUT2D eigenvalue weighted by molar-refractivity contribution is 0.304. The van der Waals surface area contributed by atoms with E-state index in [-0.39, 0.29) is 12.0 Å². The molecule has 0 bridgehead atoms. The number of H-pyrrole nitrogens is 1. The van der Waals surface area contributed by atoms with E-state index >= 15 is 0 Å². The van der Waals surface area contributed by atoms with Crippen molar-refractivity contribution >= 4 is 11.4 Å². The van der Waals surface area contributed by atoms with Gasteiger partial charge in [0.2, 0.25) is 0 Å². The van der Waals surface area contributed by atoms with E-state index in [9.17, 15) is 0 Å². The summed E-state index contributed by atoms with van der Waals surface area (Å²) in [5.74, 6) is 0. The van der Waals surface area contributed by atoms with Crippen LogP contribution in [0, 0.1) is 0 Å². The Morgan fingerprint density at radius 2 is 1.91 bits per heavy atom. The number of aliphatic hydroxyl groups is 1. The monoisotopic (exact) mass is 302 g/mol. The van der Waals surface area contributed by atoms with Crippen molar-refractivity contribution in [1.82, 2.24) is 10.2 Å². The van der Waals surface area contributed by atoms with Crippen LogP contribution in [-0.4, -0.2) is 35.5 Å². The molecule has 0 aliphatic heterocycles. The Labute approximate surface area is 132 Å². The lowest BCUT2D eigenvalue weighted by Gasteiger charge is -2.19. The summed E-state index contributed by atoms with van der Waals surface area (Å²) < 4.78 is 0. The summed E-state index contributed by atoms with van der Waals surface area (Å²) >= 11 is 0. The number of aromatic nitrogens is 2. The lowest BCUT2D eigenvalue weighted by Crippen LogP contribution is -2.20. The molecule has 0 aliphatic rings. The molecule has 0 saturated heterocycles. The molecule has 0 unspecified atom stereocenters. The number of likely N-dealkylation sites (N-methyl/N-ethyl adjacent to an activating group) is 1. The molecule has 5 nitrogen and oxygen atoms in total. The molecule has 1 aromatic carbocycles. The average molecular weight is 302 g/mol. The van der Waals surface area contributed by atoms with Gasteiger partial charge in [0.15, 0.2) is 0 Å². The zero-order chi connectivity index (χ0) is 16.2. The highest BCUT2D eigenvalue weighted by molar-refractivity contribution is 5.55. The van der Waals surface area contributed by atoms with Crippen molar-refractivity contribution in [2.45, 2.75) is 32.7 Å². The summed E-state index contributed by atoms with van der Waals surface area (Å²) in [6.45, 7) is 8.07. The number of aromatic amines is 1. The van der Waals surface area contributed by atoms with Crippen molar-refractivity contribution < 1.29 is 5.11 Å². The second-order valence-electron chi connectivity index (χ2n) is 6.57. The van der Waals surface area contributed by atoms with Crippen LogP contribution in [0.25, 0.3) is 0 Å². The van der Waals surface area contributed by atoms with Crippen LogP contribution in [0.2, 0.25) is 0 Å². The van der Waals surface area contributed by atoms with Gasteiger partial charge in [0.05, 0.1) is 12.8 Å². The largest absolute Gasteiger partial charge is 0.395 e. The van der Waals surface area contributed by atoms with Gasteiger partial charge in [-0.25, -0.2) is 0 Å². The number of nitrogens with zero attached hydrogens (tertiary/aromatic N) is 2. The van der Waals surface area contributed by atoms with Crippen molar-refractivity contribution in [2.75, 3.05) is 30.4 Å². The smallest absolute Gasteiger partial charge is 0.0606 e. The molecule has 0 amide bonds. The Bertz CT molecular complexity index is 583. The Balaban J connectivity index is 1.99. The molecule has 0 atom stereocenters. The van der Waals surface area contributed by atoms with Gasteiger partial charge in [0.1, 0.15) is 0 Å². The second-order valence-corrected chi connectivity index (χ2v) is 6.57. The van der Waals surface area contributed by atoms with Gasteiger partial charge >= 0.3 is 0 Å². The van der Waals surface area contributed by atoms with Crippen molar-refractivity contribution in [3.8, 4) is 0 Å². The SMILES string of the molecule is CN(CCO)c1ccc(NCc2cn[nH]c2C(C)(C)C)cc1. The molecule has 1 aromatic heterocycles. The Morgan fingerprint density at radius 3 is 2.50 bits per heavy atom. The van der Waals surface area contributed by atoms with E-state index in [1.165, 1.54) is 11.3 Å². The van der Waals surface area contributed by atoms with Crippen LogP contribution in [0.4, 0.5) is 11.4 Å². The summed E-state index contributed by atoms with van der Waals surface area (Å²) in [7, 11) is 1.97. The highest BCUT2D eigenvalue weighted by atomic mass is 16.3. The third-order valence-electron chi connectivity index (χ3n) is 3.69. The van der Waals surface area contributed by atoms with E-state index < -0.39 is 0 Å². The summed E-state index contributed by atoms with van der Waals surface area (Å²) in [5.41, 5.74) is 4.58. The highest BCUT2D eigenvalue weighted by Crippen LogP contribution is 2.24. The number of anilines is 2. The first-order chi connectivity index (χ1) is 10.4. The fourth-order valence-corrected chi connectivity index (χ4v) is 2.40. The maximum atomic E-state index is 8.97. The Kier molecular flexibility index (Phi) is 5.08. The molecule has 120 valence electrons. The number of hydrogen-bond acceptors (Lipinski definition) is 4. The molecule has 0 aliphatic carbocycles. The van der Waals surface area contributed by atoms with Crippen molar-refractivity contribution in [3.63, 3.8) is 0 Å². The molecular weight excluding hydrogens is 276 g/mol. The van der Waals surface area contributed by atoms with Gasteiger partial charge in [-0.15, -0.1) is 0 Å². The molecule has 3 N–H and O–H groups in total. The molecule has 2 aromatic rings. The Hall–Kier alpha value is -2.01. The van der Waals surface area contributed by atoms with Crippen LogP contribution in [0.5, 0.6) is 0 Å². The summed E-state index contributed by atoms with van der Waals surface area (Å²) in [6.07, 6.45) is 1.89. The zero-order valence-electron chi connectivity index (χ0n) is 13.8. The molecule has 0 fully saturated rings. The predicted octanol–water partition coefficient (Wildman–Crippen LogP) is 2.75. The van der Waals surface area contributed by atoms with Crippen molar-refractivity contribution in [1.29, 1.82) is 0 Å². The van der Waals surface area contributed by atoms with Gasteiger partial charge in [0.25, 0.3) is 0 Å². The van der Waals surface area contributed by atoms with E-state index in [2.05, 4.69) is 60.6 Å². The fourth-order valence-electron chi connectivity index (χ4n) is 2.40. The van der Waals surface area contributed by atoms with E-state index in [0.717, 1.165) is 17.9 Å². The van der Waals surface area contributed by atoms with Gasteiger partial charge in [-0.2, -0.15) is 5.10 Å². The first-order valence-electron chi connectivity index (χ1n) is 7.60. The minimum atomic E-state index is 0.0599. The average Bonchev–Trinajstić information content (AvgIpc) is 2.94. The quantitative estimate of drug-likeness (QED) is 0.768. The number of aliphatic hydroxyl groups excluding tert-OH is 1. The fraction of sp³-hybridized carbons (Fsp3) is 0.471. The van der Waals surface area contributed by atoms with Gasteiger partial charge in [-0.3, -0.25) is 5.10 Å². The molecular formula is C17H26N4O. The van der Waals surface area contributed by atoms with E-state index in [1.807, 2.05) is 18.1 Å². The molecule has 0 radical (unpaired) electrons. The maximum absolute atomic E-state index is 8.97. The maximum Gasteiger partial charge on any atom is 0.0606 e. The number of rotatable bonds is 6. The molecule has 0 spiro atoms. The number of benzene rings is 1. The normalized spacial score (nSPS) is 11.5. The summed E-state index contributed by atoms with van der Waals surface area (Å²) in [5, 5.41) is 19.7. The van der Waals surface area contributed by atoms with Crippen molar-refractivity contribution in [3.05, 3.63) is 41.7 Å². The van der Waals surface area contributed by atoms with Crippen LogP contribution in [-0.2, 0) is 12.0 Å². The zero-order valence-corrected chi connectivity index (χ0v) is 13.8. The Morgan fingerprint density at radius 1 is 1.23 bits per heavy atom. The van der Waals surface area contributed by atoms with Gasteiger partial charge < -0.3 is 15.3 Å². The van der Waals surface area contributed by atoms with Gasteiger partial charge in [-0.05, 0) is 24.3 Å². The topological polar surface area (TPSA) is 64.2 Å². The van der Waals surface area contributed by atoms with Crippen LogP contribution < -0.4 is 10.2 Å². The van der Waals surface area contributed by atoms with Crippen LogP contribution in [0.3, 0.4) is 0 Å². The third-order valence-corrected chi connectivity index (χ3v) is 3.69. The molecule has 0 saturated carbocycles. The van der Waals surface area contributed by atoms with Crippen molar-refractivity contribution in [2.24, 2.45) is 0 Å². The predicted molar refractivity (Wildman–Crippen MR) is 91.4 cm³/mol. The number of nitrogens with one attached hydrogen (secondary N) is 2. The minimum absolute atomic E-state index is 0.0599.